The van der Waals surface area contributed by atoms with E-state index < -0.39 is 28.4 Å². The van der Waals surface area contributed by atoms with Crippen LogP contribution in [-0.4, -0.2) is 31.7 Å². The number of Topliss-reactive ketones (excluding diaryl/α,β-unsaturated/α-hetero) is 1. The van der Waals surface area contributed by atoms with Crippen LogP contribution in [0.2, 0.25) is 0 Å². The van der Waals surface area contributed by atoms with Crippen molar-refractivity contribution in [1.29, 1.82) is 0 Å². The predicted octanol–water partition coefficient (Wildman–Crippen LogP) is 2.76. The molecule has 29 heavy (non-hydrogen) atoms. The van der Waals surface area contributed by atoms with Crippen molar-refractivity contribution in [1.82, 2.24) is 9.97 Å². The molecule has 0 aliphatic carbocycles. The van der Waals surface area contributed by atoms with E-state index >= 15 is 0 Å². The predicted molar refractivity (Wildman–Crippen MR) is 98.0 cm³/mol. The van der Waals surface area contributed by atoms with Gasteiger partial charge in [0.25, 0.3) is 11.6 Å². The lowest BCUT2D eigenvalue weighted by molar-refractivity contribution is -0.384. The SMILES string of the molecule is O=C(C1=C(O)C(=O)N(c2ncccn2)C1c1ccc([N+](=O)[O-])cc1)c1ccco1. The third-order valence-electron chi connectivity index (χ3n) is 4.38. The zero-order chi connectivity index (χ0) is 20.5. The van der Waals surface area contributed by atoms with E-state index in [4.69, 9.17) is 4.42 Å². The smallest absolute Gasteiger partial charge is 0.296 e. The van der Waals surface area contributed by atoms with E-state index in [-0.39, 0.29) is 23.0 Å². The Morgan fingerprint density at radius 1 is 1.14 bits per heavy atom. The fourth-order valence-electron chi connectivity index (χ4n) is 3.09. The molecule has 0 fully saturated rings. The average Bonchev–Trinajstić information content (AvgIpc) is 3.36. The second kappa shape index (κ2) is 7.00. The molecule has 1 atom stereocenters. The number of benzene rings is 1. The van der Waals surface area contributed by atoms with Crippen molar-refractivity contribution in [2.75, 3.05) is 4.90 Å². The number of hydrogen-bond acceptors (Lipinski definition) is 8. The van der Waals surface area contributed by atoms with Crippen LogP contribution in [0.1, 0.15) is 22.2 Å². The maximum Gasteiger partial charge on any atom is 0.296 e. The molecule has 1 aromatic carbocycles. The number of amides is 1. The number of furan rings is 1. The van der Waals surface area contributed by atoms with E-state index in [2.05, 4.69) is 9.97 Å². The third kappa shape index (κ3) is 3.02. The van der Waals surface area contributed by atoms with Crippen molar-refractivity contribution < 1.29 is 24.0 Å². The van der Waals surface area contributed by atoms with Crippen molar-refractivity contribution in [2.24, 2.45) is 0 Å². The van der Waals surface area contributed by atoms with Crippen LogP contribution in [0.25, 0.3) is 0 Å². The number of anilines is 1. The summed E-state index contributed by atoms with van der Waals surface area (Å²) in [4.78, 5) is 45.3. The van der Waals surface area contributed by atoms with Gasteiger partial charge in [-0.15, -0.1) is 0 Å². The first-order chi connectivity index (χ1) is 14.0. The van der Waals surface area contributed by atoms with Gasteiger partial charge in [-0.05, 0) is 35.9 Å². The molecule has 0 radical (unpaired) electrons. The fraction of sp³-hybridized carbons (Fsp3) is 0.0526. The Morgan fingerprint density at radius 2 is 1.83 bits per heavy atom. The number of aromatic nitrogens is 2. The molecule has 3 aromatic rings. The summed E-state index contributed by atoms with van der Waals surface area (Å²) < 4.78 is 5.12. The first-order valence-corrected chi connectivity index (χ1v) is 8.35. The normalized spacial score (nSPS) is 16.3. The maximum absolute atomic E-state index is 13.0. The summed E-state index contributed by atoms with van der Waals surface area (Å²) in [6.45, 7) is 0. The van der Waals surface area contributed by atoms with Crippen molar-refractivity contribution >= 4 is 23.3 Å². The summed E-state index contributed by atoms with van der Waals surface area (Å²) in [5, 5.41) is 21.5. The minimum atomic E-state index is -1.09. The van der Waals surface area contributed by atoms with Gasteiger partial charge < -0.3 is 9.52 Å². The average molecular weight is 392 g/mol. The molecule has 0 bridgehead atoms. The summed E-state index contributed by atoms with van der Waals surface area (Å²) in [5.74, 6) is -2.42. The quantitative estimate of drug-likeness (QED) is 0.397. The summed E-state index contributed by atoms with van der Waals surface area (Å²) in [6.07, 6.45) is 4.11. The van der Waals surface area contributed by atoms with Crippen LogP contribution in [0.5, 0.6) is 0 Å². The Morgan fingerprint density at radius 3 is 2.41 bits per heavy atom. The third-order valence-corrected chi connectivity index (χ3v) is 4.38. The highest BCUT2D eigenvalue weighted by atomic mass is 16.6. The number of aliphatic hydroxyl groups excluding tert-OH is 1. The van der Waals surface area contributed by atoms with E-state index in [9.17, 15) is 24.8 Å². The monoisotopic (exact) mass is 392 g/mol. The molecule has 0 saturated carbocycles. The standard InChI is InChI=1S/C19H12N4O6/c24-16(13-3-1-10-29-13)14-15(11-4-6-12(7-5-11)23(27)28)22(18(26)17(14)25)19-20-8-2-9-21-19/h1-10,15,25H. The number of rotatable bonds is 5. The van der Waals surface area contributed by atoms with E-state index in [0.717, 1.165) is 4.90 Å². The van der Waals surface area contributed by atoms with Crippen LogP contribution in [0, 0.1) is 10.1 Å². The van der Waals surface area contributed by atoms with Crippen molar-refractivity contribution in [3.8, 4) is 0 Å². The summed E-state index contributed by atoms with van der Waals surface area (Å²) in [6, 6.07) is 8.65. The zero-order valence-electron chi connectivity index (χ0n) is 14.6. The Kier molecular flexibility index (Phi) is 4.36. The molecule has 144 valence electrons. The molecular weight excluding hydrogens is 380 g/mol. The summed E-state index contributed by atoms with van der Waals surface area (Å²) in [7, 11) is 0. The van der Waals surface area contributed by atoms with Gasteiger partial charge in [-0.2, -0.15) is 0 Å². The Hall–Kier alpha value is -4.34. The van der Waals surface area contributed by atoms with E-state index in [0.29, 0.717) is 5.56 Å². The largest absolute Gasteiger partial charge is 0.503 e. The van der Waals surface area contributed by atoms with E-state index in [1.54, 1.807) is 6.07 Å². The number of nitrogens with zero attached hydrogens (tertiary/aromatic N) is 4. The van der Waals surface area contributed by atoms with E-state index in [1.807, 2.05) is 0 Å². The Labute approximate surface area is 162 Å². The van der Waals surface area contributed by atoms with Gasteiger partial charge in [0.1, 0.15) is 0 Å². The lowest BCUT2D eigenvalue weighted by Crippen LogP contribution is -2.32. The first kappa shape index (κ1) is 18.0. The van der Waals surface area contributed by atoms with Gasteiger partial charge >= 0.3 is 0 Å². The molecule has 0 spiro atoms. The molecule has 1 aliphatic heterocycles. The highest BCUT2D eigenvalue weighted by Gasteiger charge is 2.46. The number of non-ortho nitro benzene ring substituents is 1. The molecule has 10 heteroatoms. The van der Waals surface area contributed by atoms with Crippen LogP contribution in [0.4, 0.5) is 11.6 Å². The van der Waals surface area contributed by atoms with Crippen LogP contribution < -0.4 is 4.90 Å². The van der Waals surface area contributed by atoms with Crippen LogP contribution >= 0.6 is 0 Å². The molecule has 1 unspecified atom stereocenters. The van der Waals surface area contributed by atoms with Crippen LogP contribution in [-0.2, 0) is 4.79 Å². The number of aliphatic hydroxyl groups is 1. The lowest BCUT2D eigenvalue weighted by Gasteiger charge is -2.24. The van der Waals surface area contributed by atoms with Crippen molar-refractivity contribution in [2.45, 2.75) is 6.04 Å². The van der Waals surface area contributed by atoms with Gasteiger partial charge in [0.05, 0.1) is 22.8 Å². The molecule has 1 amide bonds. The van der Waals surface area contributed by atoms with Gasteiger partial charge in [0, 0.05) is 24.5 Å². The molecular formula is C19H12N4O6. The second-order valence-corrected chi connectivity index (χ2v) is 6.04. The molecule has 3 heterocycles. The van der Waals surface area contributed by atoms with Gasteiger partial charge in [0.15, 0.2) is 11.5 Å². The molecule has 1 aliphatic rings. The molecule has 2 aromatic heterocycles. The number of carbonyl (C=O) groups is 2. The molecule has 0 saturated heterocycles. The Balaban J connectivity index is 1.87. The highest BCUT2D eigenvalue weighted by molar-refractivity contribution is 6.19. The first-order valence-electron chi connectivity index (χ1n) is 8.35. The number of nitro groups is 1. The summed E-state index contributed by atoms with van der Waals surface area (Å²) in [5.41, 5.74) is -0.0330. The number of carbonyl (C=O) groups excluding carboxylic acids is 2. The van der Waals surface area contributed by atoms with Crippen molar-refractivity contribution in [3.05, 3.63) is 93.9 Å². The van der Waals surface area contributed by atoms with Crippen LogP contribution in [0.3, 0.4) is 0 Å². The number of hydrogen-bond donors (Lipinski definition) is 1. The maximum atomic E-state index is 13.0. The zero-order valence-corrected chi connectivity index (χ0v) is 14.6. The van der Waals surface area contributed by atoms with Gasteiger partial charge in [-0.25, -0.2) is 9.97 Å². The minimum Gasteiger partial charge on any atom is -0.503 e. The molecule has 1 N–H and O–H groups in total. The van der Waals surface area contributed by atoms with Crippen molar-refractivity contribution in [3.63, 3.8) is 0 Å². The number of ketones is 1. The summed E-state index contributed by atoms with van der Waals surface area (Å²) >= 11 is 0. The molecule has 4 rings (SSSR count). The second-order valence-electron chi connectivity index (χ2n) is 6.04. The molecule has 10 nitrogen and oxygen atoms in total. The van der Waals surface area contributed by atoms with Gasteiger partial charge in [-0.3, -0.25) is 24.6 Å². The lowest BCUT2D eigenvalue weighted by atomic mass is 9.95. The fourth-order valence-corrected chi connectivity index (χ4v) is 3.09. The topological polar surface area (TPSA) is 140 Å². The highest BCUT2D eigenvalue weighted by Crippen LogP contribution is 2.41. The number of nitro benzene ring substituents is 1. The van der Waals surface area contributed by atoms with E-state index in [1.165, 1.54) is 55.1 Å². The van der Waals surface area contributed by atoms with Gasteiger partial charge in [-0.1, -0.05) is 0 Å². The minimum absolute atomic E-state index is 0.0327. The Bertz CT molecular complexity index is 1120. The van der Waals surface area contributed by atoms with Gasteiger partial charge in [0.2, 0.25) is 11.7 Å². The van der Waals surface area contributed by atoms with Crippen LogP contribution in [0.15, 0.2) is 76.9 Å².